The zero-order chi connectivity index (χ0) is 19.2. The molecular formula is C26H23NP. The van der Waals surface area contributed by atoms with E-state index >= 15 is 0 Å². The molecule has 1 atom stereocenters. The highest BCUT2D eigenvalue weighted by Crippen LogP contribution is 2.57. The number of nitrogens with zero attached hydrogens (tertiary/aromatic N) is 1. The van der Waals surface area contributed by atoms with Crippen molar-refractivity contribution in [2.45, 2.75) is 13.0 Å². The standard InChI is InChI=1S/C26H23NP/c1-21(27-20-22-12-5-2-6-13-22)25-18-11-19-26(25)28(23-14-7-3-8-15-23)24-16-9-4-10-17-24/h2-21H,1H3/t21-/m1/s1. The minimum atomic E-state index is -0.601. The number of hydrogen-bond donors (Lipinski definition) is 0. The molecule has 0 unspecified atom stereocenters. The molecule has 0 saturated heterocycles. The van der Waals surface area contributed by atoms with Crippen LogP contribution < -0.4 is 10.6 Å². The monoisotopic (exact) mass is 380 g/mol. The Morgan fingerprint density at radius 2 is 1.25 bits per heavy atom. The van der Waals surface area contributed by atoms with Crippen molar-refractivity contribution in [2.24, 2.45) is 4.99 Å². The first-order chi connectivity index (χ1) is 13.8. The van der Waals surface area contributed by atoms with Crippen LogP contribution in [0.2, 0.25) is 0 Å². The zero-order valence-electron chi connectivity index (χ0n) is 15.9. The molecule has 0 spiro atoms. The third kappa shape index (κ3) is 4.42. The number of aliphatic imine (C=N–C) groups is 1. The van der Waals surface area contributed by atoms with E-state index in [2.05, 4.69) is 99.0 Å². The predicted molar refractivity (Wildman–Crippen MR) is 122 cm³/mol. The van der Waals surface area contributed by atoms with Gasteiger partial charge >= 0.3 is 0 Å². The Labute approximate surface area is 170 Å². The molecule has 5 radical (unpaired) electrons. The summed E-state index contributed by atoms with van der Waals surface area (Å²) < 4.78 is 0. The lowest BCUT2D eigenvalue weighted by Gasteiger charge is -2.30. The van der Waals surface area contributed by atoms with Crippen LogP contribution in [0.4, 0.5) is 0 Å². The maximum atomic E-state index is 4.85. The Balaban J connectivity index is 1.61. The molecule has 4 rings (SSSR count). The van der Waals surface area contributed by atoms with Crippen LogP contribution in [0.25, 0.3) is 0 Å². The lowest BCUT2D eigenvalue weighted by Crippen LogP contribution is -2.23. The van der Waals surface area contributed by atoms with Crippen LogP contribution in [0.15, 0.2) is 96.0 Å². The van der Waals surface area contributed by atoms with Gasteiger partial charge in [-0.2, -0.15) is 0 Å². The number of benzene rings is 3. The molecule has 0 heterocycles. The highest BCUT2D eigenvalue weighted by Gasteiger charge is 2.39. The second-order valence-electron chi connectivity index (χ2n) is 6.74. The quantitative estimate of drug-likeness (QED) is 0.403. The zero-order valence-corrected chi connectivity index (χ0v) is 16.8. The second-order valence-corrected chi connectivity index (χ2v) is 8.92. The maximum Gasteiger partial charge on any atom is 0.0546 e. The first-order valence-corrected chi connectivity index (χ1v) is 10.9. The Morgan fingerprint density at radius 3 is 1.82 bits per heavy atom. The molecule has 1 saturated carbocycles. The van der Waals surface area contributed by atoms with Crippen molar-refractivity contribution >= 4 is 24.7 Å². The lowest BCUT2D eigenvalue weighted by molar-refractivity contribution is 0.799. The summed E-state index contributed by atoms with van der Waals surface area (Å²) in [5.74, 6) is 1.31. The van der Waals surface area contributed by atoms with Crippen LogP contribution in [0, 0.1) is 30.8 Å². The normalized spacial score (nSPS) is 16.8. The predicted octanol–water partition coefficient (Wildman–Crippen LogP) is 5.36. The Morgan fingerprint density at radius 1 is 0.714 bits per heavy atom. The van der Waals surface area contributed by atoms with Gasteiger partial charge in [0.2, 0.25) is 0 Å². The molecular weight excluding hydrogens is 357 g/mol. The van der Waals surface area contributed by atoms with E-state index in [0.29, 0.717) is 0 Å². The van der Waals surface area contributed by atoms with Crippen LogP contribution in [0.5, 0.6) is 0 Å². The van der Waals surface area contributed by atoms with Gasteiger partial charge in [0, 0.05) is 17.8 Å². The fraction of sp³-hybridized carbons (Fsp3) is 0.0769. The van der Waals surface area contributed by atoms with Gasteiger partial charge in [-0.3, -0.25) is 4.99 Å². The molecule has 0 amide bonds. The van der Waals surface area contributed by atoms with Gasteiger partial charge in [-0.1, -0.05) is 91.0 Å². The maximum absolute atomic E-state index is 4.85. The molecule has 1 aliphatic carbocycles. The van der Waals surface area contributed by atoms with E-state index in [1.54, 1.807) is 0 Å². The van der Waals surface area contributed by atoms with Crippen LogP contribution in [-0.4, -0.2) is 12.3 Å². The Kier molecular flexibility index (Phi) is 6.34. The average Bonchev–Trinajstić information content (AvgIpc) is 3.24. The van der Waals surface area contributed by atoms with E-state index in [1.807, 2.05) is 24.4 Å². The largest absolute Gasteiger partial charge is 0.289 e. The molecule has 28 heavy (non-hydrogen) atoms. The molecule has 2 heteroatoms. The summed E-state index contributed by atoms with van der Waals surface area (Å²) in [6.45, 7) is 2.18. The molecule has 3 aromatic carbocycles. The lowest BCUT2D eigenvalue weighted by atomic mass is 10.00. The van der Waals surface area contributed by atoms with E-state index in [1.165, 1.54) is 22.2 Å². The first-order valence-electron chi connectivity index (χ1n) is 9.57. The van der Waals surface area contributed by atoms with Crippen molar-refractivity contribution < 1.29 is 0 Å². The van der Waals surface area contributed by atoms with E-state index in [-0.39, 0.29) is 6.04 Å². The van der Waals surface area contributed by atoms with Crippen molar-refractivity contribution in [2.75, 3.05) is 0 Å². The van der Waals surface area contributed by atoms with E-state index in [4.69, 9.17) is 4.99 Å². The minimum Gasteiger partial charge on any atom is -0.289 e. The summed E-state index contributed by atoms with van der Waals surface area (Å²) in [6.07, 6.45) is 8.65. The SMILES string of the molecule is C[C@@H](N=Cc1ccccc1)[C]1[CH][CH][CH][C]1P(c1ccccc1)c1ccccc1. The van der Waals surface area contributed by atoms with Gasteiger partial charge in [-0.15, -0.1) is 0 Å². The van der Waals surface area contributed by atoms with Crippen molar-refractivity contribution in [3.63, 3.8) is 0 Å². The first kappa shape index (κ1) is 19.1. The van der Waals surface area contributed by atoms with Gasteiger partial charge in [0.05, 0.1) is 6.04 Å². The molecule has 1 nitrogen and oxygen atoms in total. The van der Waals surface area contributed by atoms with Crippen LogP contribution in [-0.2, 0) is 0 Å². The van der Waals surface area contributed by atoms with Gasteiger partial charge < -0.3 is 0 Å². The van der Waals surface area contributed by atoms with Crippen molar-refractivity contribution in [1.29, 1.82) is 0 Å². The van der Waals surface area contributed by atoms with Gasteiger partial charge in [0.25, 0.3) is 0 Å². The number of rotatable bonds is 6. The average molecular weight is 380 g/mol. The molecule has 0 bridgehead atoms. The summed E-state index contributed by atoms with van der Waals surface area (Å²) >= 11 is 0. The molecule has 137 valence electrons. The van der Waals surface area contributed by atoms with E-state index in [9.17, 15) is 0 Å². The fourth-order valence-electron chi connectivity index (χ4n) is 3.38. The summed E-state index contributed by atoms with van der Waals surface area (Å²) in [7, 11) is -0.601. The molecule has 3 aromatic rings. The Hall–Kier alpha value is -2.24. The molecule has 0 N–H and O–H groups in total. The smallest absolute Gasteiger partial charge is 0.0546 e. The Bertz CT molecular complexity index is 837. The van der Waals surface area contributed by atoms with Crippen molar-refractivity contribution in [3.8, 4) is 0 Å². The third-order valence-corrected chi connectivity index (χ3v) is 7.31. The van der Waals surface area contributed by atoms with Gasteiger partial charge in [0.1, 0.15) is 0 Å². The van der Waals surface area contributed by atoms with Gasteiger partial charge in [0.15, 0.2) is 0 Å². The topological polar surface area (TPSA) is 12.4 Å². The minimum absolute atomic E-state index is 0.114. The van der Waals surface area contributed by atoms with Crippen LogP contribution in [0.1, 0.15) is 12.5 Å². The number of hydrogen-bond acceptors (Lipinski definition) is 1. The fourth-order valence-corrected chi connectivity index (χ4v) is 5.93. The second kappa shape index (κ2) is 9.30. The van der Waals surface area contributed by atoms with E-state index < -0.39 is 7.92 Å². The molecule has 0 aliphatic heterocycles. The highest BCUT2D eigenvalue weighted by atomic mass is 31.1. The van der Waals surface area contributed by atoms with Gasteiger partial charge in [-0.25, -0.2) is 0 Å². The van der Waals surface area contributed by atoms with Crippen LogP contribution >= 0.6 is 7.92 Å². The molecule has 1 fully saturated rings. The van der Waals surface area contributed by atoms with E-state index in [0.717, 1.165) is 5.56 Å². The van der Waals surface area contributed by atoms with Crippen LogP contribution in [0.3, 0.4) is 0 Å². The molecule has 0 aromatic heterocycles. The van der Waals surface area contributed by atoms with Gasteiger partial charge in [-0.05, 0) is 50.3 Å². The summed E-state index contributed by atoms with van der Waals surface area (Å²) in [5.41, 5.74) is 2.53. The third-order valence-electron chi connectivity index (χ3n) is 4.79. The highest BCUT2D eigenvalue weighted by molar-refractivity contribution is 7.76. The summed E-state index contributed by atoms with van der Waals surface area (Å²) in [5, 5.41) is 2.74. The molecule has 1 aliphatic rings. The van der Waals surface area contributed by atoms with Crippen molar-refractivity contribution in [3.05, 3.63) is 127 Å². The van der Waals surface area contributed by atoms with Crippen molar-refractivity contribution in [1.82, 2.24) is 0 Å². The summed E-state index contributed by atoms with van der Waals surface area (Å²) in [6, 6.07) is 32.1. The summed E-state index contributed by atoms with van der Waals surface area (Å²) in [4.78, 5) is 4.85.